The van der Waals surface area contributed by atoms with Crippen LogP contribution < -0.4 is 5.32 Å². The normalized spacial score (nSPS) is 20.0. The maximum absolute atomic E-state index is 13.7. The summed E-state index contributed by atoms with van der Waals surface area (Å²) in [4.78, 5) is 13.6. The summed E-state index contributed by atoms with van der Waals surface area (Å²) in [6.45, 7) is 3.60. The molecule has 0 aromatic heterocycles. The van der Waals surface area contributed by atoms with Crippen molar-refractivity contribution >= 4 is 21.8 Å². The third kappa shape index (κ3) is 2.54. The number of hydrogen-bond donors (Lipinski definition) is 1. The van der Waals surface area contributed by atoms with E-state index in [2.05, 4.69) is 21.2 Å². The summed E-state index contributed by atoms with van der Waals surface area (Å²) in [6.07, 6.45) is 0. The zero-order chi connectivity index (χ0) is 13.3. The van der Waals surface area contributed by atoms with Crippen LogP contribution in [0.5, 0.6) is 0 Å². The Morgan fingerprint density at radius 1 is 1.44 bits per heavy atom. The number of carbonyl (C=O) groups excluding carboxylic acids is 1. The van der Waals surface area contributed by atoms with Gasteiger partial charge in [0.15, 0.2) is 11.6 Å². The van der Waals surface area contributed by atoms with Gasteiger partial charge < -0.3 is 10.2 Å². The van der Waals surface area contributed by atoms with E-state index in [0.717, 1.165) is 0 Å². The van der Waals surface area contributed by atoms with Crippen LogP contribution in [-0.4, -0.2) is 36.5 Å². The molecule has 98 valence electrons. The molecule has 1 aromatic carbocycles. The third-order valence-electron chi connectivity index (χ3n) is 2.92. The monoisotopic (exact) mass is 318 g/mol. The van der Waals surface area contributed by atoms with Crippen molar-refractivity contribution in [1.82, 2.24) is 10.2 Å². The second kappa shape index (κ2) is 5.32. The van der Waals surface area contributed by atoms with Crippen molar-refractivity contribution in [2.75, 3.05) is 19.6 Å². The van der Waals surface area contributed by atoms with Crippen LogP contribution in [0.2, 0.25) is 0 Å². The number of hydrogen-bond acceptors (Lipinski definition) is 2. The largest absolute Gasteiger partial charge is 0.336 e. The molecule has 1 N–H and O–H groups in total. The van der Waals surface area contributed by atoms with E-state index in [1.807, 2.05) is 6.92 Å². The Labute approximate surface area is 112 Å². The predicted molar refractivity (Wildman–Crippen MR) is 67.4 cm³/mol. The van der Waals surface area contributed by atoms with Gasteiger partial charge in [-0.3, -0.25) is 4.79 Å². The van der Waals surface area contributed by atoms with Crippen molar-refractivity contribution in [2.45, 2.75) is 13.0 Å². The summed E-state index contributed by atoms with van der Waals surface area (Å²) in [7, 11) is 0. The number of halogens is 3. The van der Waals surface area contributed by atoms with Crippen LogP contribution >= 0.6 is 15.9 Å². The smallest absolute Gasteiger partial charge is 0.257 e. The van der Waals surface area contributed by atoms with Crippen molar-refractivity contribution in [1.29, 1.82) is 0 Å². The van der Waals surface area contributed by atoms with Crippen molar-refractivity contribution in [2.24, 2.45) is 0 Å². The van der Waals surface area contributed by atoms with E-state index in [1.54, 1.807) is 0 Å². The minimum absolute atomic E-state index is 0.0187. The van der Waals surface area contributed by atoms with Crippen LogP contribution in [0.25, 0.3) is 0 Å². The van der Waals surface area contributed by atoms with E-state index >= 15 is 0 Å². The van der Waals surface area contributed by atoms with Crippen LogP contribution in [-0.2, 0) is 0 Å². The molecule has 1 atom stereocenters. The van der Waals surface area contributed by atoms with Crippen LogP contribution in [0.1, 0.15) is 17.3 Å². The standard InChI is InChI=1S/C12H13BrF2N2O/c1-7-6-17(5-4-16-7)12(18)8-2-3-9(13)11(15)10(8)14/h2-3,7,16H,4-6H2,1H3. The molecule has 1 aliphatic rings. The van der Waals surface area contributed by atoms with E-state index in [-0.39, 0.29) is 16.1 Å². The zero-order valence-electron chi connectivity index (χ0n) is 9.84. The Bertz CT molecular complexity index is 481. The molecule has 1 aromatic rings. The second-order valence-corrected chi connectivity index (χ2v) is 5.18. The number of amides is 1. The first kappa shape index (κ1) is 13.4. The van der Waals surface area contributed by atoms with E-state index in [4.69, 9.17) is 0 Å². The molecular weight excluding hydrogens is 306 g/mol. The van der Waals surface area contributed by atoms with Gasteiger partial charge in [-0.2, -0.15) is 0 Å². The molecule has 6 heteroatoms. The Hall–Kier alpha value is -1.01. The van der Waals surface area contributed by atoms with E-state index < -0.39 is 17.5 Å². The molecule has 1 amide bonds. The average molecular weight is 319 g/mol. The summed E-state index contributed by atoms with van der Waals surface area (Å²) in [6, 6.07) is 2.81. The van der Waals surface area contributed by atoms with Crippen LogP contribution in [0.15, 0.2) is 16.6 Å². The van der Waals surface area contributed by atoms with Crippen molar-refractivity contribution in [3.05, 3.63) is 33.8 Å². The van der Waals surface area contributed by atoms with Crippen molar-refractivity contribution < 1.29 is 13.6 Å². The first-order valence-electron chi connectivity index (χ1n) is 5.67. The lowest BCUT2D eigenvalue weighted by molar-refractivity contribution is 0.0703. The molecule has 0 radical (unpaired) electrons. The van der Waals surface area contributed by atoms with Gasteiger partial charge in [0.1, 0.15) is 0 Å². The number of benzene rings is 1. The molecular formula is C12H13BrF2N2O. The Kier molecular flexibility index (Phi) is 3.97. The highest BCUT2D eigenvalue weighted by Crippen LogP contribution is 2.22. The highest BCUT2D eigenvalue weighted by Gasteiger charge is 2.25. The van der Waals surface area contributed by atoms with E-state index in [1.165, 1.54) is 17.0 Å². The van der Waals surface area contributed by atoms with Gasteiger partial charge >= 0.3 is 0 Å². The first-order chi connectivity index (χ1) is 8.50. The fourth-order valence-electron chi connectivity index (χ4n) is 1.98. The zero-order valence-corrected chi connectivity index (χ0v) is 11.4. The topological polar surface area (TPSA) is 32.3 Å². The first-order valence-corrected chi connectivity index (χ1v) is 6.46. The van der Waals surface area contributed by atoms with Gasteiger partial charge in [0.05, 0.1) is 10.0 Å². The van der Waals surface area contributed by atoms with E-state index in [0.29, 0.717) is 19.6 Å². The summed E-state index contributed by atoms with van der Waals surface area (Å²) in [5.74, 6) is -2.59. The number of carbonyl (C=O) groups is 1. The summed E-state index contributed by atoms with van der Waals surface area (Å²) in [5, 5.41) is 3.18. The molecule has 0 spiro atoms. The highest BCUT2D eigenvalue weighted by molar-refractivity contribution is 9.10. The highest BCUT2D eigenvalue weighted by atomic mass is 79.9. The van der Waals surface area contributed by atoms with E-state index in [9.17, 15) is 13.6 Å². The number of nitrogens with zero attached hydrogens (tertiary/aromatic N) is 1. The number of piperazine rings is 1. The quantitative estimate of drug-likeness (QED) is 0.805. The third-order valence-corrected chi connectivity index (χ3v) is 3.53. The molecule has 1 aliphatic heterocycles. The molecule has 1 heterocycles. The Morgan fingerprint density at radius 2 is 2.17 bits per heavy atom. The molecule has 0 saturated carbocycles. The fraction of sp³-hybridized carbons (Fsp3) is 0.417. The predicted octanol–water partition coefficient (Wildman–Crippen LogP) is 2.16. The van der Waals surface area contributed by atoms with Gasteiger partial charge in [0, 0.05) is 25.7 Å². The molecule has 1 fully saturated rings. The van der Waals surface area contributed by atoms with Crippen LogP contribution in [0.4, 0.5) is 8.78 Å². The Morgan fingerprint density at radius 3 is 2.83 bits per heavy atom. The maximum Gasteiger partial charge on any atom is 0.257 e. The number of rotatable bonds is 1. The maximum atomic E-state index is 13.7. The lowest BCUT2D eigenvalue weighted by atomic mass is 10.1. The van der Waals surface area contributed by atoms with Gasteiger partial charge in [0.25, 0.3) is 5.91 Å². The van der Waals surface area contributed by atoms with Crippen molar-refractivity contribution in [3.8, 4) is 0 Å². The summed E-state index contributed by atoms with van der Waals surface area (Å²) < 4.78 is 27.1. The van der Waals surface area contributed by atoms with Gasteiger partial charge in [0.2, 0.25) is 0 Å². The molecule has 3 nitrogen and oxygen atoms in total. The molecule has 18 heavy (non-hydrogen) atoms. The minimum atomic E-state index is -1.10. The van der Waals surface area contributed by atoms with Crippen molar-refractivity contribution in [3.63, 3.8) is 0 Å². The number of nitrogens with one attached hydrogen (secondary N) is 1. The average Bonchev–Trinajstić information content (AvgIpc) is 2.35. The lowest BCUT2D eigenvalue weighted by Gasteiger charge is -2.32. The van der Waals surface area contributed by atoms with Gasteiger partial charge in [-0.05, 0) is 35.0 Å². The van der Waals surface area contributed by atoms with Gasteiger partial charge in [-0.15, -0.1) is 0 Å². The summed E-state index contributed by atoms with van der Waals surface area (Å²) in [5.41, 5.74) is -0.218. The van der Waals surface area contributed by atoms with Crippen LogP contribution in [0, 0.1) is 11.6 Å². The second-order valence-electron chi connectivity index (χ2n) is 4.33. The molecule has 2 rings (SSSR count). The Balaban J connectivity index is 2.26. The minimum Gasteiger partial charge on any atom is -0.336 e. The molecule has 1 unspecified atom stereocenters. The van der Waals surface area contributed by atoms with Gasteiger partial charge in [-0.25, -0.2) is 8.78 Å². The fourth-order valence-corrected chi connectivity index (χ4v) is 2.28. The molecule has 1 saturated heterocycles. The van der Waals surface area contributed by atoms with Gasteiger partial charge in [-0.1, -0.05) is 0 Å². The SMILES string of the molecule is CC1CN(C(=O)c2ccc(Br)c(F)c2F)CCN1. The van der Waals surface area contributed by atoms with Crippen LogP contribution in [0.3, 0.4) is 0 Å². The lowest BCUT2D eigenvalue weighted by Crippen LogP contribution is -2.51. The molecule has 0 bridgehead atoms. The summed E-state index contributed by atoms with van der Waals surface area (Å²) >= 11 is 2.88. The molecule has 0 aliphatic carbocycles.